The molecule has 5 nitrogen and oxygen atoms in total. The fourth-order valence-corrected chi connectivity index (χ4v) is 2.02. The summed E-state index contributed by atoms with van der Waals surface area (Å²) in [5.74, 6) is 0.380. The zero-order chi connectivity index (χ0) is 14.5. The molecular formula is C15H20ClNO4. The molecule has 0 bridgehead atoms. The van der Waals surface area contributed by atoms with E-state index in [9.17, 15) is 9.90 Å². The molecule has 0 saturated heterocycles. The Hall–Kier alpha value is -1.72. The molecule has 1 N–H and O–H groups in total. The zero-order valence-electron chi connectivity index (χ0n) is 12.2. The van der Waals surface area contributed by atoms with Gasteiger partial charge in [0.15, 0.2) is 11.5 Å². The summed E-state index contributed by atoms with van der Waals surface area (Å²) in [4.78, 5) is 13.3. The van der Waals surface area contributed by atoms with Gasteiger partial charge in [0.2, 0.25) is 0 Å². The number of fused-ring (bicyclic) bond motifs is 1. The number of phenols is 1. The molecule has 0 atom stereocenters. The lowest BCUT2D eigenvalue weighted by molar-refractivity contribution is 0.218. The van der Waals surface area contributed by atoms with E-state index in [1.807, 2.05) is 0 Å². The Balaban J connectivity index is 0.00000220. The van der Waals surface area contributed by atoms with Crippen LogP contribution in [0.15, 0.2) is 33.5 Å². The number of likely N-dealkylation sites (N-methyl/N-ethyl adjacent to an activating group) is 1. The molecule has 0 aliphatic carbocycles. The Morgan fingerprint density at radius 3 is 2.62 bits per heavy atom. The van der Waals surface area contributed by atoms with Gasteiger partial charge in [0.25, 0.3) is 0 Å². The largest absolute Gasteiger partial charge is 0.504 e. The van der Waals surface area contributed by atoms with Crippen LogP contribution in [0.2, 0.25) is 0 Å². The van der Waals surface area contributed by atoms with Crippen LogP contribution in [0.1, 0.15) is 13.8 Å². The summed E-state index contributed by atoms with van der Waals surface area (Å²) < 4.78 is 10.6. The number of nitrogens with zero attached hydrogens (tertiary/aromatic N) is 1. The van der Waals surface area contributed by atoms with E-state index in [4.69, 9.17) is 9.15 Å². The van der Waals surface area contributed by atoms with Crippen LogP contribution in [0.4, 0.5) is 0 Å². The molecule has 0 aliphatic rings. The van der Waals surface area contributed by atoms with Gasteiger partial charge in [-0.1, -0.05) is 13.8 Å². The summed E-state index contributed by atoms with van der Waals surface area (Å²) in [5.41, 5.74) is -0.0850. The molecule has 0 saturated carbocycles. The van der Waals surface area contributed by atoms with Gasteiger partial charge in [0.1, 0.15) is 12.2 Å². The second kappa shape index (κ2) is 7.90. The summed E-state index contributed by atoms with van der Waals surface area (Å²) in [6, 6.07) is 6.08. The minimum absolute atomic E-state index is 0. The van der Waals surface area contributed by atoms with Crippen molar-refractivity contribution in [3.63, 3.8) is 0 Å². The van der Waals surface area contributed by atoms with Crippen molar-refractivity contribution in [2.75, 3.05) is 26.2 Å². The highest BCUT2D eigenvalue weighted by atomic mass is 35.5. The Morgan fingerprint density at radius 2 is 1.95 bits per heavy atom. The lowest BCUT2D eigenvalue weighted by atomic mass is 10.2. The van der Waals surface area contributed by atoms with Crippen molar-refractivity contribution in [3.05, 3.63) is 34.7 Å². The number of aromatic hydroxyl groups is 1. The lowest BCUT2D eigenvalue weighted by Crippen LogP contribution is -2.27. The van der Waals surface area contributed by atoms with Crippen molar-refractivity contribution in [1.29, 1.82) is 0 Å². The van der Waals surface area contributed by atoms with Crippen LogP contribution in [-0.2, 0) is 0 Å². The van der Waals surface area contributed by atoms with Crippen molar-refractivity contribution >= 4 is 23.4 Å². The van der Waals surface area contributed by atoms with Gasteiger partial charge in [-0.25, -0.2) is 4.79 Å². The molecule has 1 heterocycles. The van der Waals surface area contributed by atoms with Gasteiger partial charge in [-0.15, -0.1) is 12.4 Å². The van der Waals surface area contributed by atoms with Gasteiger partial charge in [-0.2, -0.15) is 0 Å². The van der Waals surface area contributed by atoms with Crippen molar-refractivity contribution in [1.82, 2.24) is 4.90 Å². The van der Waals surface area contributed by atoms with Crippen LogP contribution in [0.3, 0.4) is 0 Å². The van der Waals surface area contributed by atoms with Gasteiger partial charge in [-0.3, -0.25) is 0 Å². The number of phenolic OH excluding ortho intramolecular Hbond substituents is 1. The molecule has 0 radical (unpaired) electrons. The standard InChI is InChI=1S/C15H19NO4.ClH/c1-3-16(4-2)7-8-19-14-9-11-5-6-15(18)20-13(11)10-12(14)17;/h5-6,9-10,17H,3-4,7-8H2,1-2H3;1H. The van der Waals surface area contributed by atoms with E-state index in [1.165, 1.54) is 12.1 Å². The quantitative estimate of drug-likeness (QED) is 0.831. The predicted molar refractivity (Wildman–Crippen MR) is 84.7 cm³/mol. The smallest absolute Gasteiger partial charge is 0.336 e. The third kappa shape index (κ3) is 4.37. The van der Waals surface area contributed by atoms with Gasteiger partial charge >= 0.3 is 5.63 Å². The van der Waals surface area contributed by atoms with Gasteiger partial charge in [0, 0.05) is 24.1 Å². The van der Waals surface area contributed by atoms with Gasteiger partial charge < -0.3 is 19.2 Å². The van der Waals surface area contributed by atoms with E-state index in [0.29, 0.717) is 17.9 Å². The molecule has 2 rings (SSSR count). The first-order chi connectivity index (χ1) is 9.63. The summed E-state index contributed by atoms with van der Waals surface area (Å²) in [6.07, 6.45) is 0. The lowest BCUT2D eigenvalue weighted by Gasteiger charge is -2.18. The molecule has 0 unspecified atom stereocenters. The van der Waals surface area contributed by atoms with Crippen LogP contribution in [0.5, 0.6) is 11.5 Å². The highest BCUT2D eigenvalue weighted by molar-refractivity contribution is 5.85. The Kier molecular flexibility index (Phi) is 6.52. The Bertz CT molecular complexity index is 637. The number of benzene rings is 1. The fraction of sp³-hybridized carbons (Fsp3) is 0.400. The van der Waals surface area contributed by atoms with Crippen LogP contribution < -0.4 is 10.4 Å². The maximum absolute atomic E-state index is 11.1. The number of hydrogen-bond donors (Lipinski definition) is 1. The average Bonchev–Trinajstić information content (AvgIpc) is 2.44. The molecule has 6 heteroatoms. The summed E-state index contributed by atoms with van der Waals surface area (Å²) in [6.45, 7) is 7.42. The Morgan fingerprint density at radius 1 is 1.24 bits per heavy atom. The van der Waals surface area contributed by atoms with Crippen molar-refractivity contribution in [3.8, 4) is 11.5 Å². The maximum atomic E-state index is 11.1. The molecular weight excluding hydrogens is 294 g/mol. The minimum atomic E-state index is -0.438. The second-order valence-corrected chi connectivity index (χ2v) is 4.49. The van der Waals surface area contributed by atoms with Crippen molar-refractivity contribution < 1.29 is 14.3 Å². The summed E-state index contributed by atoms with van der Waals surface area (Å²) in [5, 5.41) is 10.6. The summed E-state index contributed by atoms with van der Waals surface area (Å²) in [7, 11) is 0. The maximum Gasteiger partial charge on any atom is 0.336 e. The number of rotatable bonds is 6. The first kappa shape index (κ1) is 17.3. The van der Waals surface area contributed by atoms with E-state index >= 15 is 0 Å². The average molecular weight is 314 g/mol. The SMILES string of the molecule is CCN(CC)CCOc1cc2ccc(=O)oc2cc1O.Cl. The van der Waals surface area contributed by atoms with Crippen LogP contribution >= 0.6 is 12.4 Å². The summed E-state index contributed by atoms with van der Waals surface area (Å²) >= 11 is 0. The molecule has 21 heavy (non-hydrogen) atoms. The number of ether oxygens (including phenoxy) is 1. The first-order valence-corrected chi connectivity index (χ1v) is 6.76. The second-order valence-electron chi connectivity index (χ2n) is 4.49. The normalized spacial score (nSPS) is 10.6. The molecule has 2 aromatic rings. The van der Waals surface area contributed by atoms with E-state index in [0.717, 1.165) is 25.0 Å². The number of halogens is 1. The van der Waals surface area contributed by atoms with E-state index in [1.54, 1.807) is 12.1 Å². The van der Waals surface area contributed by atoms with Gasteiger partial charge in [-0.05, 0) is 25.2 Å². The van der Waals surface area contributed by atoms with Gasteiger partial charge in [0.05, 0.1) is 0 Å². The molecule has 116 valence electrons. The van der Waals surface area contributed by atoms with E-state index in [2.05, 4.69) is 18.7 Å². The van der Waals surface area contributed by atoms with E-state index in [-0.39, 0.29) is 18.2 Å². The zero-order valence-corrected chi connectivity index (χ0v) is 13.0. The monoisotopic (exact) mass is 313 g/mol. The highest BCUT2D eigenvalue weighted by Gasteiger charge is 2.08. The third-order valence-corrected chi connectivity index (χ3v) is 3.26. The highest BCUT2D eigenvalue weighted by Crippen LogP contribution is 2.30. The predicted octanol–water partition coefficient (Wildman–Crippen LogP) is 2.64. The molecule has 0 amide bonds. The first-order valence-electron chi connectivity index (χ1n) is 6.76. The molecule has 0 fully saturated rings. The van der Waals surface area contributed by atoms with Crippen molar-refractivity contribution in [2.24, 2.45) is 0 Å². The third-order valence-electron chi connectivity index (χ3n) is 3.26. The van der Waals surface area contributed by atoms with Crippen molar-refractivity contribution in [2.45, 2.75) is 13.8 Å². The molecule has 1 aromatic carbocycles. The topological polar surface area (TPSA) is 62.9 Å². The fourth-order valence-electron chi connectivity index (χ4n) is 2.02. The van der Waals surface area contributed by atoms with Crippen LogP contribution in [0, 0.1) is 0 Å². The van der Waals surface area contributed by atoms with Crippen LogP contribution in [-0.4, -0.2) is 36.2 Å². The number of hydrogen-bond acceptors (Lipinski definition) is 5. The van der Waals surface area contributed by atoms with E-state index < -0.39 is 5.63 Å². The Labute approximate surface area is 129 Å². The molecule has 0 spiro atoms. The molecule has 1 aromatic heterocycles. The molecule has 0 aliphatic heterocycles. The minimum Gasteiger partial charge on any atom is -0.504 e. The van der Waals surface area contributed by atoms with Crippen LogP contribution in [0.25, 0.3) is 11.0 Å².